The van der Waals surface area contributed by atoms with Gasteiger partial charge >= 0.3 is 6.03 Å². The molecule has 0 unspecified atom stereocenters. The number of anilines is 1. The molecule has 0 bridgehead atoms. The van der Waals surface area contributed by atoms with Crippen LogP contribution in [0, 0.1) is 0 Å². The molecule has 0 aromatic carbocycles. The Labute approximate surface area is 99.8 Å². The van der Waals surface area contributed by atoms with Crippen LogP contribution in [-0.4, -0.2) is 29.1 Å². The zero-order valence-electron chi connectivity index (χ0n) is 9.40. The Morgan fingerprint density at radius 1 is 1.56 bits per heavy atom. The second-order valence-electron chi connectivity index (χ2n) is 3.27. The molecule has 16 heavy (non-hydrogen) atoms. The van der Waals surface area contributed by atoms with Crippen molar-refractivity contribution in [3.63, 3.8) is 0 Å². The fraction of sp³-hybridized carbons (Fsp3) is 0.500. The van der Waals surface area contributed by atoms with Gasteiger partial charge in [-0.25, -0.2) is 14.8 Å². The quantitative estimate of drug-likeness (QED) is 0.767. The highest BCUT2D eigenvalue weighted by Gasteiger charge is 2.22. The first-order chi connectivity index (χ1) is 7.69. The Balaban J connectivity index is 0.000000386. The third-order valence-corrected chi connectivity index (χ3v) is 1.93. The first kappa shape index (κ1) is 12.7. The van der Waals surface area contributed by atoms with E-state index in [1.807, 2.05) is 0 Å². The van der Waals surface area contributed by atoms with Crippen molar-refractivity contribution in [3.05, 3.63) is 17.5 Å². The van der Waals surface area contributed by atoms with Gasteiger partial charge in [0.1, 0.15) is 5.82 Å². The molecule has 0 saturated carbocycles. The molecule has 5 nitrogen and oxygen atoms in total. The summed E-state index contributed by atoms with van der Waals surface area (Å²) in [6.07, 6.45) is 2.77. The van der Waals surface area contributed by atoms with E-state index in [0.717, 1.165) is 0 Å². The Morgan fingerprint density at radius 3 is 2.75 bits per heavy atom. The Hall–Kier alpha value is -1.36. The summed E-state index contributed by atoms with van der Waals surface area (Å²) >= 11 is 5.59. The van der Waals surface area contributed by atoms with Crippen LogP contribution >= 0.6 is 11.6 Å². The van der Waals surface area contributed by atoms with Crippen LogP contribution in [0.4, 0.5) is 10.6 Å². The molecule has 0 spiro atoms. The molecule has 6 heteroatoms. The average Bonchev–Trinajstić information content (AvgIpc) is 2.65. The number of aromatic nitrogens is 2. The lowest BCUT2D eigenvalue weighted by atomic mass is 10.5. The third kappa shape index (κ3) is 3.34. The van der Waals surface area contributed by atoms with Crippen LogP contribution in [0.3, 0.4) is 0 Å². The van der Waals surface area contributed by atoms with E-state index in [2.05, 4.69) is 29.1 Å². The molecule has 1 fully saturated rings. The van der Waals surface area contributed by atoms with Crippen molar-refractivity contribution < 1.29 is 4.79 Å². The first-order valence-corrected chi connectivity index (χ1v) is 5.60. The van der Waals surface area contributed by atoms with Crippen LogP contribution in [0.1, 0.15) is 20.3 Å². The van der Waals surface area contributed by atoms with Crippen LogP contribution in [0.2, 0.25) is 5.28 Å². The number of halogens is 1. The molecule has 0 radical (unpaired) electrons. The number of nitrogens with one attached hydrogen (secondary N) is 1. The molecule has 0 aliphatic carbocycles. The van der Waals surface area contributed by atoms with E-state index in [1.54, 1.807) is 6.07 Å². The van der Waals surface area contributed by atoms with Crippen molar-refractivity contribution >= 4 is 23.4 Å². The number of amides is 2. The average molecular weight is 243 g/mol. The summed E-state index contributed by atoms with van der Waals surface area (Å²) in [5.41, 5.74) is 0. The van der Waals surface area contributed by atoms with E-state index in [0.29, 0.717) is 18.9 Å². The van der Waals surface area contributed by atoms with Gasteiger partial charge in [0.15, 0.2) is 0 Å². The van der Waals surface area contributed by atoms with Crippen molar-refractivity contribution in [1.29, 1.82) is 0 Å². The first-order valence-electron chi connectivity index (χ1n) is 5.23. The van der Waals surface area contributed by atoms with Crippen molar-refractivity contribution in [3.8, 4) is 0 Å². The highest BCUT2D eigenvalue weighted by atomic mass is 35.5. The van der Waals surface area contributed by atoms with Crippen molar-refractivity contribution in [2.24, 2.45) is 0 Å². The van der Waals surface area contributed by atoms with Crippen LogP contribution < -0.4 is 10.2 Å². The summed E-state index contributed by atoms with van der Waals surface area (Å²) in [5, 5.41) is 2.82. The second-order valence-corrected chi connectivity index (χ2v) is 3.61. The minimum atomic E-state index is -0.144. The summed E-state index contributed by atoms with van der Waals surface area (Å²) in [5.74, 6) is 0.537. The lowest BCUT2D eigenvalue weighted by Gasteiger charge is -2.11. The van der Waals surface area contributed by atoms with Crippen LogP contribution in [-0.2, 0) is 0 Å². The molecule has 1 aliphatic rings. The second kappa shape index (κ2) is 6.27. The highest BCUT2D eigenvalue weighted by Crippen LogP contribution is 2.13. The van der Waals surface area contributed by atoms with Gasteiger partial charge in [-0.2, -0.15) is 0 Å². The normalized spacial score (nSPS) is 14.2. The number of rotatable bonds is 1. The molecule has 2 heterocycles. The van der Waals surface area contributed by atoms with Gasteiger partial charge in [0, 0.05) is 19.3 Å². The van der Waals surface area contributed by atoms with E-state index >= 15 is 0 Å². The fourth-order valence-electron chi connectivity index (χ4n) is 1.17. The predicted octanol–water partition coefficient (Wildman–Crippen LogP) is 2.08. The SMILES string of the molecule is CCC.O=C1NCCN1c1ccnc(Cl)n1. The van der Waals surface area contributed by atoms with Gasteiger partial charge in [-0.1, -0.05) is 20.3 Å². The Bertz CT molecular complexity index is 358. The number of hydrogen-bond donors (Lipinski definition) is 1. The lowest BCUT2D eigenvalue weighted by molar-refractivity contribution is 0.252. The zero-order chi connectivity index (χ0) is 12.0. The predicted molar refractivity (Wildman–Crippen MR) is 63.8 cm³/mol. The maximum Gasteiger partial charge on any atom is 0.323 e. The van der Waals surface area contributed by atoms with E-state index in [-0.39, 0.29) is 11.3 Å². The summed E-state index contributed by atoms with van der Waals surface area (Å²) in [4.78, 5) is 20.4. The van der Waals surface area contributed by atoms with E-state index < -0.39 is 0 Å². The topological polar surface area (TPSA) is 58.1 Å². The van der Waals surface area contributed by atoms with Gasteiger partial charge in [-0.05, 0) is 17.7 Å². The van der Waals surface area contributed by atoms with Crippen LogP contribution in [0.25, 0.3) is 0 Å². The summed E-state index contributed by atoms with van der Waals surface area (Å²) in [7, 11) is 0. The van der Waals surface area contributed by atoms with E-state index in [4.69, 9.17) is 11.6 Å². The van der Waals surface area contributed by atoms with Crippen molar-refractivity contribution in [2.45, 2.75) is 20.3 Å². The largest absolute Gasteiger partial charge is 0.336 e. The number of carbonyl (C=O) groups excluding carboxylic acids is 1. The molecule has 0 atom stereocenters. The molecule has 1 N–H and O–H groups in total. The smallest absolute Gasteiger partial charge is 0.323 e. The molecule has 2 amide bonds. The maximum atomic E-state index is 11.2. The van der Waals surface area contributed by atoms with Gasteiger partial charge < -0.3 is 5.32 Å². The molecule has 1 saturated heterocycles. The van der Waals surface area contributed by atoms with Crippen LogP contribution in [0.5, 0.6) is 0 Å². The zero-order valence-corrected chi connectivity index (χ0v) is 10.2. The summed E-state index contributed by atoms with van der Waals surface area (Å²) in [6.45, 7) is 5.51. The molecular weight excluding hydrogens is 228 g/mol. The number of nitrogens with zero attached hydrogens (tertiary/aromatic N) is 3. The molecular formula is C10H15ClN4O. The number of hydrogen-bond acceptors (Lipinski definition) is 3. The monoisotopic (exact) mass is 242 g/mol. The van der Waals surface area contributed by atoms with E-state index in [9.17, 15) is 4.79 Å². The Morgan fingerprint density at radius 2 is 2.25 bits per heavy atom. The fourth-order valence-corrected chi connectivity index (χ4v) is 1.31. The van der Waals surface area contributed by atoms with Crippen molar-refractivity contribution in [2.75, 3.05) is 18.0 Å². The Kier molecular flexibility index (Phi) is 4.98. The number of carbonyl (C=O) groups is 1. The summed E-state index contributed by atoms with van der Waals surface area (Å²) in [6, 6.07) is 1.51. The molecule has 1 aromatic heterocycles. The van der Waals surface area contributed by atoms with E-state index in [1.165, 1.54) is 17.5 Å². The minimum Gasteiger partial charge on any atom is -0.336 e. The molecule has 2 rings (SSSR count). The number of urea groups is 1. The van der Waals surface area contributed by atoms with Crippen molar-refractivity contribution in [1.82, 2.24) is 15.3 Å². The van der Waals surface area contributed by atoms with Gasteiger partial charge in [0.2, 0.25) is 5.28 Å². The maximum absolute atomic E-state index is 11.2. The molecule has 88 valence electrons. The molecule has 1 aromatic rings. The minimum absolute atomic E-state index is 0.144. The van der Waals surface area contributed by atoms with Crippen LogP contribution in [0.15, 0.2) is 12.3 Å². The highest BCUT2D eigenvalue weighted by molar-refractivity contribution is 6.28. The summed E-state index contributed by atoms with van der Waals surface area (Å²) < 4.78 is 0. The molecule has 1 aliphatic heterocycles. The standard InChI is InChI=1S/C7H7ClN4O.C3H8/c8-6-9-2-1-5(11-6)12-4-3-10-7(12)13;1-3-2/h1-2H,3-4H2,(H,10,13);3H2,1-2H3. The lowest BCUT2D eigenvalue weighted by Crippen LogP contribution is -2.28. The van der Waals surface area contributed by atoms with Gasteiger partial charge in [-0.3, -0.25) is 4.90 Å². The van der Waals surface area contributed by atoms with Gasteiger partial charge in [-0.15, -0.1) is 0 Å². The van der Waals surface area contributed by atoms with Gasteiger partial charge in [0.25, 0.3) is 0 Å². The van der Waals surface area contributed by atoms with Gasteiger partial charge in [0.05, 0.1) is 0 Å². The third-order valence-electron chi connectivity index (χ3n) is 1.74.